The second kappa shape index (κ2) is 7.26. The highest BCUT2D eigenvalue weighted by Gasteiger charge is 2.31. The maximum absolute atomic E-state index is 12.3. The summed E-state index contributed by atoms with van der Waals surface area (Å²) in [5.74, 6) is -0.213. The molecule has 0 spiro atoms. The van der Waals surface area contributed by atoms with Gasteiger partial charge < -0.3 is 9.74 Å². The zero-order valence-electron chi connectivity index (χ0n) is 12.9. The van der Waals surface area contributed by atoms with E-state index < -0.39 is 10.5 Å². The van der Waals surface area contributed by atoms with E-state index in [0.717, 1.165) is 11.8 Å². The second-order valence-electron chi connectivity index (χ2n) is 5.47. The van der Waals surface area contributed by atoms with Gasteiger partial charge in [0.1, 0.15) is 6.61 Å². The van der Waals surface area contributed by atoms with Crippen molar-refractivity contribution in [1.29, 1.82) is 0 Å². The number of rotatable bonds is 6. The molecule has 0 saturated heterocycles. The first-order chi connectivity index (χ1) is 10.1. The SMILES string of the molecule is CN(C)C(=O)c1ccccc1SC(=O)C(C)(C)CO[N+](=O)[O-]. The van der Waals surface area contributed by atoms with Crippen molar-refractivity contribution in [1.82, 2.24) is 4.90 Å². The summed E-state index contributed by atoms with van der Waals surface area (Å²) in [5.41, 5.74) is -0.636. The molecule has 0 aromatic heterocycles. The van der Waals surface area contributed by atoms with E-state index in [4.69, 9.17) is 0 Å². The Kier molecular flexibility index (Phi) is 5.92. The highest BCUT2D eigenvalue weighted by molar-refractivity contribution is 8.13. The maximum Gasteiger partial charge on any atom is 0.294 e. The lowest BCUT2D eigenvalue weighted by Crippen LogP contribution is -2.29. The fraction of sp³-hybridized carbons (Fsp3) is 0.429. The number of carbonyl (C=O) groups is 2. The van der Waals surface area contributed by atoms with Crippen molar-refractivity contribution >= 4 is 22.8 Å². The van der Waals surface area contributed by atoms with E-state index in [2.05, 4.69) is 4.84 Å². The van der Waals surface area contributed by atoms with E-state index in [1.54, 1.807) is 52.2 Å². The third kappa shape index (κ3) is 4.73. The van der Waals surface area contributed by atoms with Crippen LogP contribution in [0.4, 0.5) is 0 Å². The fourth-order valence-corrected chi connectivity index (χ4v) is 2.43. The minimum atomic E-state index is -1.05. The van der Waals surface area contributed by atoms with Crippen LogP contribution in [0.2, 0.25) is 0 Å². The molecule has 0 atom stereocenters. The van der Waals surface area contributed by atoms with E-state index in [0.29, 0.717) is 10.5 Å². The molecule has 1 aromatic carbocycles. The van der Waals surface area contributed by atoms with E-state index >= 15 is 0 Å². The number of benzene rings is 1. The average Bonchev–Trinajstić information content (AvgIpc) is 2.45. The van der Waals surface area contributed by atoms with Crippen LogP contribution >= 0.6 is 11.8 Å². The van der Waals surface area contributed by atoms with Gasteiger partial charge in [0.15, 0.2) is 0 Å². The van der Waals surface area contributed by atoms with Gasteiger partial charge in [0.05, 0.1) is 11.0 Å². The van der Waals surface area contributed by atoms with Crippen molar-refractivity contribution in [2.75, 3.05) is 20.7 Å². The summed E-state index contributed by atoms with van der Waals surface area (Å²) in [6.45, 7) is 2.78. The summed E-state index contributed by atoms with van der Waals surface area (Å²) < 4.78 is 0. The fourth-order valence-electron chi connectivity index (χ4n) is 1.48. The molecule has 120 valence electrons. The molecule has 1 aromatic rings. The molecule has 0 radical (unpaired) electrons. The van der Waals surface area contributed by atoms with E-state index in [9.17, 15) is 19.7 Å². The maximum atomic E-state index is 12.3. The number of hydrogen-bond acceptors (Lipinski definition) is 6. The highest BCUT2D eigenvalue weighted by atomic mass is 32.2. The molecule has 0 unspecified atom stereocenters. The third-order valence-electron chi connectivity index (χ3n) is 2.81. The lowest BCUT2D eigenvalue weighted by atomic mass is 9.97. The molecule has 0 aliphatic carbocycles. The topological polar surface area (TPSA) is 89.8 Å². The number of hydrogen-bond donors (Lipinski definition) is 0. The molecule has 1 rings (SSSR count). The van der Waals surface area contributed by atoms with E-state index in [1.807, 2.05) is 0 Å². The van der Waals surface area contributed by atoms with Crippen molar-refractivity contribution in [3.8, 4) is 0 Å². The van der Waals surface area contributed by atoms with E-state index in [-0.39, 0.29) is 17.6 Å². The van der Waals surface area contributed by atoms with Gasteiger partial charge in [-0.2, -0.15) is 0 Å². The summed E-state index contributed by atoms with van der Waals surface area (Å²) in [4.78, 5) is 40.9. The summed E-state index contributed by atoms with van der Waals surface area (Å²) >= 11 is 0.886. The quantitative estimate of drug-likeness (QED) is 0.452. The van der Waals surface area contributed by atoms with Crippen LogP contribution in [0.15, 0.2) is 29.2 Å². The molecule has 0 aliphatic rings. The van der Waals surface area contributed by atoms with Crippen LogP contribution in [0, 0.1) is 15.5 Å². The Morgan fingerprint density at radius 2 is 1.91 bits per heavy atom. The Morgan fingerprint density at radius 1 is 1.32 bits per heavy atom. The second-order valence-corrected chi connectivity index (χ2v) is 6.48. The van der Waals surface area contributed by atoms with Gasteiger partial charge in [-0.15, -0.1) is 10.1 Å². The molecule has 1 amide bonds. The minimum absolute atomic E-state index is 0.213. The van der Waals surface area contributed by atoms with Crippen molar-refractivity contribution in [2.45, 2.75) is 18.7 Å². The lowest BCUT2D eigenvalue weighted by molar-refractivity contribution is -0.760. The summed E-state index contributed by atoms with van der Waals surface area (Å²) in [7, 11) is 3.25. The van der Waals surface area contributed by atoms with Crippen LogP contribution in [-0.2, 0) is 9.63 Å². The van der Waals surface area contributed by atoms with Gasteiger partial charge in [0, 0.05) is 19.0 Å². The zero-order chi connectivity index (χ0) is 16.9. The van der Waals surface area contributed by atoms with E-state index in [1.165, 1.54) is 4.90 Å². The Morgan fingerprint density at radius 3 is 2.45 bits per heavy atom. The van der Waals surface area contributed by atoms with Gasteiger partial charge in [-0.05, 0) is 12.1 Å². The number of amides is 1. The molecule has 0 saturated carbocycles. The number of carbonyl (C=O) groups excluding carboxylic acids is 2. The predicted octanol–water partition coefficient (Wildman–Crippen LogP) is 2.24. The Labute approximate surface area is 132 Å². The van der Waals surface area contributed by atoms with Gasteiger partial charge >= 0.3 is 0 Å². The van der Waals surface area contributed by atoms with Crippen molar-refractivity contribution in [3.63, 3.8) is 0 Å². The third-order valence-corrected chi connectivity index (χ3v) is 4.12. The summed E-state index contributed by atoms with van der Waals surface area (Å²) in [6, 6.07) is 6.75. The first-order valence-corrected chi connectivity index (χ1v) is 7.27. The van der Waals surface area contributed by atoms with Crippen LogP contribution in [0.1, 0.15) is 24.2 Å². The lowest BCUT2D eigenvalue weighted by Gasteiger charge is -2.21. The van der Waals surface area contributed by atoms with Crippen LogP contribution in [0.25, 0.3) is 0 Å². The van der Waals surface area contributed by atoms with Crippen LogP contribution in [-0.4, -0.2) is 41.7 Å². The molecule has 0 aliphatic heterocycles. The molecule has 7 nitrogen and oxygen atoms in total. The molecule has 0 heterocycles. The first-order valence-electron chi connectivity index (χ1n) is 6.45. The zero-order valence-corrected chi connectivity index (χ0v) is 13.7. The minimum Gasteiger partial charge on any atom is -0.345 e. The monoisotopic (exact) mass is 326 g/mol. The number of nitrogens with zero attached hydrogens (tertiary/aromatic N) is 2. The van der Waals surface area contributed by atoms with Crippen molar-refractivity contribution < 1.29 is 19.5 Å². The largest absolute Gasteiger partial charge is 0.345 e. The summed E-state index contributed by atoms with van der Waals surface area (Å²) in [6.07, 6.45) is 0. The molecule has 8 heteroatoms. The predicted molar refractivity (Wildman–Crippen MR) is 82.1 cm³/mol. The molecule has 0 N–H and O–H groups in total. The van der Waals surface area contributed by atoms with Crippen LogP contribution in [0.5, 0.6) is 0 Å². The van der Waals surface area contributed by atoms with Crippen LogP contribution < -0.4 is 0 Å². The smallest absolute Gasteiger partial charge is 0.294 e. The van der Waals surface area contributed by atoms with Gasteiger partial charge in [0.25, 0.3) is 11.0 Å². The molecular weight excluding hydrogens is 308 g/mol. The van der Waals surface area contributed by atoms with Crippen molar-refractivity contribution in [3.05, 3.63) is 39.9 Å². The standard InChI is InChI=1S/C14H18N2O5S/c1-14(2,9-21-16(19)20)13(18)22-11-8-6-5-7-10(11)12(17)15(3)4/h5-8H,9H2,1-4H3. The first kappa shape index (κ1) is 18.0. The van der Waals surface area contributed by atoms with Crippen molar-refractivity contribution in [2.24, 2.45) is 5.41 Å². The molecule has 0 bridgehead atoms. The Hall–Kier alpha value is -2.09. The highest BCUT2D eigenvalue weighted by Crippen LogP contribution is 2.32. The van der Waals surface area contributed by atoms with Gasteiger partial charge in [0.2, 0.25) is 5.12 Å². The van der Waals surface area contributed by atoms with Gasteiger partial charge in [-0.1, -0.05) is 37.7 Å². The van der Waals surface area contributed by atoms with Gasteiger partial charge in [-0.3, -0.25) is 9.59 Å². The van der Waals surface area contributed by atoms with Crippen LogP contribution in [0.3, 0.4) is 0 Å². The average molecular weight is 326 g/mol. The Bertz CT molecular complexity index is 586. The summed E-state index contributed by atoms with van der Waals surface area (Å²) in [5, 5.41) is 9.02. The molecular formula is C14H18N2O5S. The van der Waals surface area contributed by atoms with Gasteiger partial charge in [-0.25, -0.2) is 0 Å². The molecule has 0 fully saturated rings. The number of thioether (sulfide) groups is 1. The molecule has 22 heavy (non-hydrogen) atoms. The Balaban J connectivity index is 2.93. The normalized spacial score (nSPS) is 10.9.